The molecule has 2 rings (SSSR count). The van der Waals surface area contributed by atoms with Crippen molar-refractivity contribution in [1.29, 1.82) is 0 Å². The molecule has 0 heterocycles. The van der Waals surface area contributed by atoms with Crippen LogP contribution < -0.4 is 10.5 Å². The number of hydrogen-bond donors (Lipinski definition) is 1. The average Bonchev–Trinajstić information content (AvgIpc) is 2.37. The smallest absolute Gasteiger partial charge is 0.119 e. The van der Waals surface area contributed by atoms with Gasteiger partial charge in [-0.05, 0) is 54.7 Å². The fourth-order valence-corrected chi connectivity index (χ4v) is 3.42. The van der Waals surface area contributed by atoms with E-state index in [1.807, 2.05) is 12.1 Å². The second-order valence-corrected chi connectivity index (χ2v) is 5.98. The molecule has 0 amide bonds. The number of nitrogens with two attached hydrogens (primary N) is 1. The molecular weight excluding hydrogens is 222 g/mol. The van der Waals surface area contributed by atoms with Gasteiger partial charge in [0.25, 0.3) is 0 Å². The third-order valence-corrected chi connectivity index (χ3v) is 4.20. The Morgan fingerprint density at radius 3 is 2.44 bits per heavy atom. The second kappa shape index (κ2) is 5.75. The Labute approximate surface area is 111 Å². The molecule has 3 atom stereocenters. The molecule has 0 bridgehead atoms. The lowest BCUT2D eigenvalue weighted by molar-refractivity contribution is 0.193. The molecule has 2 N–H and O–H groups in total. The highest BCUT2D eigenvalue weighted by Crippen LogP contribution is 2.39. The van der Waals surface area contributed by atoms with Crippen LogP contribution in [0.5, 0.6) is 5.75 Å². The van der Waals surface area contributed by atoms with Crippen LogP contribution in [0.3, 0.4) is 0 Å². The summed E-state index contributed by atoms with van der Waals surface area (Å²) < 4.78 is 5.28. The predicted molar refractivity (Wildman–Crippen MR) is 75.6 cm³/mol. The quantitative estimate of drug-likeness (QED) is 0.882. The molecule has 18 heavy (non-hydrogen) atoms. The molecule has 0 radical (unpaired) electrons. The Morgan fingerprint density at radius 2 is 1.83 bits per heavy atom. The maximum Gasteiger partial charge on any atom is 0.119 e. The first-order chi connectivity index (χ1) is 8.60. The van der Waals surface area contributed by atoms with Crippen LogP contribution >= 0.6 is 0 Å². The zero-order chi connectivity index (χ0) is 13.1. The van der Waals surface area contributed by atoms with Gasteiger partial charge >= 0.3 is 0 Å². The topological polar surface area (TPSA) is 35.2 Å². The highest BCUT2D eigenvalue weighted by atomic mass is 16.5. The van der Waals surface area contributed by atoms with Crippen molar-refractivity contribution in [1.82, 2.24) is 0 Å². The van der Waals surface area contributed by atoms with Crippen LogP contribution in [0.15, 0.2) is 24.3 Å². The summed E-state index contributed by atoms with van der Waals surface area (Å²) in [6.07, 6.45) is 3.85. The zero-order valence-corrected chi connectivity index (χ0v) is 11.7. The molecule has 1 saturated carbocycles. The van der Waals surface area contributed by atoms with Gasteiger partial charge in [0.2, 0.25) is 0 Å². The summed E-state index contributed by atoms with van der Waals surface area (Å²) in [6, 6.07) is 8.35. The summed E-state index contributed by atoms with van der Waals surface area (Å²) in [7, 11) is 1.70. The summed E-state index contributed by atoms with van der Waals surface area (Å²) in [5.74, 6) is 3.11. The van der Waals surface area contributed by atoms with Crippen molar-refractivity contribution in [3.05, 3.63) is 29.8 Å². The molecule has 0 aromatic heterocycles. The van der Waals surface area contributed by atoms with E-state index in [0.717, 1.165) is 17.6 Å². The molecule has 0 aliphatic heterocycles. The number of rotatable bonds is 3. The SMILES string of the molecule is COc1cccc(C(N)C2CC(C)CC(C)C2)c1. The summed E-state index contributed by atoms with van der Waals surface area (Å²) in [6.45, 7) is 4.70. The van der Waals surface area contributed by atoms with Crippen molar-refractivity contribution in [3.8, 4) is 5.75 Å². The lowest BCUT2D eigenvalue weighted by atomic mass is 9.72. The first-order valence-electron chi connectivity index (χ1n) is 6.99. The van der Waals surface area contributed by atoms with E-state index >= 15 is 0 Å². The third kappa shape index (κ3) is 3.05. The van der Waals surface area contributed by atoms with Crippen LogP contribution in [0, 0.1) is 17.8 Å². The van der Waals surface area contributed by atoms with E-state index in [0.29, 0.717) is 5.92 Å². The molecule has 1 aromatic rings. The van der Waals surface area contributed by atoms with Gasteiger partial charge in [0.05, 0.1) is 7.11 Å². The van der Waals surface area contributed by atoms with E-state index in [9.17, 15) is 0 Å². The number of ether oxygens (including phenoxy) is 1. The normalized spacial score (nSPS) is 29.9. The monoisotopic (exact) mass is 247 g/mol. The minimum Gasteiger partial charge on any atom is -0.497 e. The first kappa shape index (κ1) is 13.4. The van der Waals surface area contributed by atoms with Crippen molar-refractivity contribution in [2.24, 2.45) is 23.5 Å². The Morgan fingerprint density at radius 1 is 1.17 bits per heavy atom. The number of hydrogen-bond acceptors (Lipinski definition) is 2. The van der Waals surface area contributed by atoms with Gasteiger partial charge < -0.3 is 10.5 Å². The van der Waals surface area contributed by atoms with Crippen molar-refractivity contribution >= 4 is 0 Å². The minimum atomic E-state index is 0.144. The van der Waals surface area contributed by atoms with E-state index in [1.54, 1.807) is 7.11 Å². The molecule has 3 unspecified atom stereocenters. The molecule has 1 aliphatic rings. The van der Waals surface area contributed by atoms with Crippen LogP contribution in [0.25, 0.3) is 0 Å². The summed E-state index contributed by atoms with van der Waals surface area (Å²) in [4.78, 5) is 0. The van der Waals surface area contributed by atoms with Crippen molar-refractivity contribution < 1.29 is 4.74 Å². The lowest BCUT2D eigenvalue weighted by Crippen LogP contribution is -2.29. The van der Waals surface area contributed by atoms with Crippen molar-refractivity contribution in [3.63, 3.8) is 0 Å². The van der Waals surface area contributed by atoms with Crippen LogP contribution in [0.2, 0.25) is 0 Å². The molecular formula is C16H25NO. The van der Waals surface area contributed by atoms with Crippen molar-refractivity contribution in [2.75, 3.05) is 7.11 Å². The highest BCUT2D eigenvalue weighted by molar-refractivity contribution is 5.30. The van der Waals surface area contributed by atoms with Gasteiger partial charge in [-0.2, -0.15) is 0 Å². The van der Waals surface area contributed by atoms with E-state index in [2.05, 4.69) is 26.0 Å². The average molecular weight is 247 g/mol. The molecule has 0 saturated heterocycles. The third-order valence-electron chi connectivity index (χ3n) is 4.20. The summed E-state index contributed by atoms with van der Waals surface area (Å²) in [5.41, 5.74) is 7.67. The largest absolute Gasteiger partial charge is 0.497 e. The molecule has 2 heteroatoms. The first-order valence-corrected chi connectivity index (χ1v) is 6.99. The molecule has 0 spiro atoms. The van der Waals surface area contributed by atoms with Crippen LogP contribution in [-0.4, -0.2) is 7.11 Å². The highest BCUT2D eigenvalue weighted by Gasteiger charge is 2.28. The van der Waals surface area contributed by atoms with Gasteiger partial charge in [0.1, 0.15) is 5.75 Å². The van der Waals surface area contributed by atoms with E-state index in [4.69, 9.17) is 10.5 Å². The van der Waals surface area contributed by atoms with Gasteiger partial charge in [-0.25, -0.2) is 0 Å². The fourth-order valence-electron chi connectivity index (χ4n) is 3.42. The van der Waals surface area contributed by atoms with E-state index in [-0.39, 0.29) is 6.04 Å². The van der Waals surface area contributed by atoms with Crippen molar-refractivity contribution in [2.45, 2.75) is 39.2 Å². The summed E-state index contributed by atoms with van der Waals surface area (Å²) in [5, 5.41) is 0. The lowest BCUT2D eigenvalue weighted by Gasteiger charge is -2.35. The predicted octanol–water partition coefficient (Wildman–Crippen LogP) is 3.77. The fraction of sp³-hybridized carbons (Fsp3) is 0.625. The Hall–Kier alpha value is -1.02. The molecule has 1 aromatic carbocycles. The molecule has 1 aliphatic carbocycles. The maximum atomic E-state index is 6.46. The Kier molecular flexibility index (Phi) is 4.28. The number of benzene rings is 1. The molecule has 2 nitrogen and oxygen atoms in total. The van der Waals surface area contributed by atoms with Gasteiger partial charge in [0.15, 0.2) is 0 Å². The summed E-state index contributed by atoms with van der Waals surface area (Å²) >= 11 is 0. The van der Waals surface area contributed by atoms with E-state index in [1.165, 1.54) is 24.8 Å². The Bertz CT molecular complexity index is 380. The van der Waals surface area contributed by atoms with Gasteiger partial charge in [0, 0.05) is 6.04 Å². The van der Waals surface area contributed by atoms with Gasteiger partial charge in [-0.15, -0.1) is 0 Å². The molecule has 100 valence electrons. The van der Waals surface area contributed by atoms with E-state index < -0.39 is 0 Å². The molecule has 1 fully saturated rings. The minimum absolute atomic E-state index is 0.144. The van der Waals surface area contributed by atoms with Crippen LogP contribution in [0.1, 0.15) is 44.7 Å². The van der Waals surface area contributed by atoms with Crippen LogP contribution in [0.4, 0.5) is 0 Å². The zero-order valence-electron chi connectivity index (χ0n) is 11.7. The van der Waals surface area contributed by atoms with Gasteiger partial charge in [-0.3, -0.25) is 0 Å². The Balaban J connectivity index is 2.11. The maximum absolute atomic E-state index is 6.46. The number of methoxy groups -OCH3 is 1. The van der Waals surface area contributed by atoms with Crippen LogP contribution in [-0.2, 0) is 0 Å². The standard InChI is InChI=1S/C16H25NO/c1-11-7-12(2)9-14(8-11)16(17)13-5-4-6-15(10-13)18-3/h4-6,10-12,14,16H,7-9,17H2,1-3H3. The second-order valence-electron chi connectivity index (χ2n) is 5.98. The van der Waals surface area contributed by atoms with Gasteiger partial charge in [-0.1, -0.05) is 26.0 Å².